The van der Waals surface area contributed by atoms with Crippen LogP contribution in [-0.4, -0.2) is 23.9 Å². The fourth-order valence-electron chi connectivity index (χ4n) is 1.94. The average molecular weight is 277 g/mol. The summed E-state index contributed by atoms with van der Waals surface area (Å²) in [6.07, 6.45) is 0. The summed E-state index contributed by atoms with van der Waals surface area (Å²) in [5.41, 5.74) is 1.23. The maximum atomic E-state index is 13.1. The van der Waals surface area contributed by atoms with E-state index in [0.717, 1.165) is 0 Å². The van der Waals surface area contributed by atoms with Gasteiger partial charge in [-0.3, -0.25) is 0 Å². The highest BCUT2D eigenvalue weighted by Gasteiger charge is 2.13. The van der Waals surface area contributed by atoms with Gasteiger partial charge in [0, 0.05) is 5.69 Å². The predicted octanol–water partition coefficient (Wildman–Crippen LogP) is 2.69. The molecule has 1 unspecified atom stereocenters. The molecule has 4 nitrogen and oxygen atoms in total. The van der Waals surface area contributed by atoms with Gasteiger partial charge in [0.2, 0.25) is 0 Å². The molecule has 5 heteroatoms. The van der Waals surface area contributed by atoms with Gasteiger partial charge < -0.3 is 20.3 Å². The van der Waals surface area contributed by atoms with Crippen molar-refractivity contribution in [2.75, 3.05) is 19.0 Å². The predicted molar refractivity (Wildman–Crippen MR) is 74.5 cm³/mol. The van der Waals surface area contributed by atoms with Gasteiger partial charge in [-0.25, -0.2) is 4.39 Å². The molecule has 3 N–H and O–H groups in total. The molecule has 0 radical (unpaired) electrons. The summed E-state index contributed by atoms with van der Waals surface area (Å²) in [7, 11) is 1.46. The molecule has 0 amide bonds. The van der Waals surface area contributed by atoms with E-state index in [4.69, 9.17) is 4.74 Å². The first-order valence-electron chi connectivity index (χ1n) is 6.14. The third-order valence-corrected chi connectivity index (χ3v) is 2.95. The molecule has 0 saturated carbocycles. The molecule has 106 valence electrons. The van der Waals surface area contributed by atoms with Crippen LogP contribution < -0.4 is 10.1 Å². The Balaban J connectivity index is 2.22. The van der Waals surface area contributed by atoms with Gasteiger partial charge in [-0.1, -0.05) is 12.1 Å². The molecule has 0 spiro atoms. The second kappa shape index (κ2) is 6.25. The zero-order valence-corrected chi connectivity index (χ0v) is 11.0. The minimum absolute atomic E-state index is 0.00973. The van der Waals surface area contributed by atoms with E-state index < -0.39 is 6.04 Å². The number of halogens is 1. The Morgan fingerprint density at radius 1 is 1.25 bits per heavy atom. The fourth-order valence-corrected chi connectivity index (χ4v) is 1.94. The van der Waals surface area contributed by atoms with Crippen molar-refractivity contribution in [2.24, 2.45) is 0 Å². The SMILES string of the molecule is COc1ccc(C(CO)Nc2cccc(F)c2)cc1O. The smallest absolute Gasteiger partial charge is 0.160 e. The summed E-state index contributed by atoms with van der Waals surface area (Å²) in [6.45, 7) is -0.192. The van der Waals surface area contributed by atoms with Gasteiger partial charge in [0.15, 0.2) is 11.5 Å². The molecular weight excluding hydrogens is 261 g/mol. The number of nitrogens with one attached hydrogen (secondary N) is 1. The summed E-state index contributed by atoms with van der Waals surface area (Å²) < 4.78 is 18.1. The maximum absolute atomic E-state index is 13.1. The Kier molecular flexibility index (Phi) is 4.42. The number of ether oxygens (including phenoxy) is 1. The number of benzene rings is 2. The van der Waals surface area contributed by atoms with Crippen LogP contribution in [0.4, 0.5) is 10.1 Å². The molecule has 0 aromatic heterocycles. The van der Waals surface area contributed by atoms with Crippen molar-refractivity contribution < 1.29 is 19.3 Å². The van der Waals surface area contributed by atoms with Crippen LogP contribution in [0.15, 0.2) is 42.5 Å². The van der Waals surface area contributed by atoms with Crippen molar-refractivity contribution in [3.8, 4) is 11.5 Å². The van der Waals surface area contributed by atoms with Crippen LogP contribution >= 0.6 is 0 Å². The number of phenolic OH excluding ortho intramolecular Hbond substituents is 1. The van der Waals surface area contributed by atoms with Crippen LogP contribution in [0.25, 0.3) is 0 Å². The number of aliphatic hydroxyl groups excluding tert-OH is 1. The molecule has 0 aliphatic rings. The number of aliphatic hydroxyl groups is 1. The van der Waals surface area contributed by atoms with Crippen LogP contribution in [0.1, 0.15) is 11.6 Å². The maximum Gasteiger partial charge on any atom is 0.160 e. The normalized spacial score (nSPS) is 11.9. The van der Waals surface area contributed by atoms with Gasteiger partial charge in [-0.15, -0.1) is 0 Å². The van der Waals surface area contributed by atoms with Crippen LogP contribution in [0.5, 0.6) is 11.5 Å². The lowest BCUT2D eigenvalue weighted by molar-refractivity contribution is 0.276. The molecule has 0 aliphatic carbocycles. The quantitative estimate of drug-likeness (QED) is 0.786. The highest BCUT2D eigenvalue weighted by atomic mass is 19.1. The van der Waals surface area contributed by atoms with Crippen molar-refractivity contribution >= 4 is 5.69 Å². The Hall–Kier alpha value is -2.27. The number of anilines is 1. The van der Waals surface area contributed by atoms with E-state index in [0.29, 0.717) is 17.0 Å². The third-order valence-electron chi connectivity index (χ3n) is 2.95. The zero-order valence-electron chi connectivity index (χ0n) is 11.0. The molecule has 0 heterocycles. The van der Waals surface area contributed by atoms with E-state index in [1.165, 1.54) is 25.3 Å². The molecule has 2 aromatic carbocycles. The Morgan fingerprint density at radius 2 is 2.05 bits per heavy atom. The molecule has 0 bridgehead atoms. The Labute approximate surface area is 116 Å². The molecule has 2 aromatic rings. The van der Waals surface area contributed by atoms with Gasteiger partial charge in [0.25, 0.3) is 0 Å². The van der Waals surface area contributed by atoms with E-state index in [1.807, 2.05) is 0 Å². The monoisotopic (exact) mass is 277 g/mol. The van der Waals surface area contributed by atoms with Gasteiger partial charge in [0.05, 0.1) is 19.8 Å². The number of hydrogen-bond donors (Lipinski definition) is 3. The van der Waals surface area contributed by atoms with Crippen LogP contribution in [0.2, 0.25) is 0 Å². The lowest BCUT2D eigenvalue weighted by atomic mass is 10.1. The number of aromatic hydroxyl groups is 1. The summed E-state index contributed by atoms with van der Waals surface area (Å²) in [4.78, 5) is 0. The molecule has 2 rings (SSSR count). The second-order valence-corrected chi connectivity index (χ2v) is 4.32. The number of phenols is 1. The minimum atomic E-state index is -0.450. The number of rotatable bonds is 5. The molecule has 0 aliphatic heterocycles. The Bertz CT molecular complexity index is 589. The van der Waals surface area contributed by atoms with Crippen LogP contribution in [0.3, 0.4) is 0 Å². The van der Waals surface area contributed by atoms with E-state index in [2.05, 4.69) is 5.32 Å². The Morgan fingerprint density at radius 3 is 2.65 bits per heavy atom. The zero-order chi connectivity index (χ0) is 14.5. The lowest BCUT2D eigenvalue weighted by Gasteiger charge is -2.19. The van der Waals surface area contributed by atoms with Gasteiger partial charge in [0.1, 0.15) is 5.82 Å². The van der Waals surface area contributed by atoms with Gasteiger partial charge >= 0.3 is 0 Å². The second-order valence-electron chi connectivity index (χ2n) is 4.32. The molecule has 0 saturated heterocycles. The first-order chi connectivity index (χ1) is 9.63. The van der Waals surface area contributed by atoms with Crippen molar-refractivity contribution in [1.29, 1.82) is 0 Å². The minimum Gasteiger partial charge on any atom is -0.504 e. The van der Waals surface area contributed by atoms with E-state index in [-0.39, 0.29) is 18.2 Å². The summed E-state index contributed by atoms with van der Waals surface area (Å²) in [5, 5.41) is 22.2. The summed E-state index contributed by atoms with van der Waals surface area (Å²) >= 11 is 0. The number of methoxy groups -OCH3 is 1. The highest BCUT2D eigenvalue weighted by Crippen LogP contribution is 2.30. The van der Waals surface area contributed by atoms with Crippen molar-refractivity contribution in [3.63, 3.8) is 0 Å². The topological polar surface area (TPSA) is 61.7 Å². The first kappa shape index (κ1) is 14.1. The standard InChI is InChI=1S/C15H16FNO3/c1-20-15-6-5-10(7-14(15)19)13(9-18)17-12-4-2-3-11(16)8-12/h2-8,13,17-19H,9H2,1H3. The van der Waals surface area contributed by atoms with Crippen molar-refractivity contribution in [2.45, 2.75) is 6.04 Å². The van der Waals surface area contributed by atoms with Crippen molar-refractivity contribution in [3.05, 3.63) is 53.8 Å². The summed E-state index contributed by atoms with van der Waals surface area (Å²) in [6, 6.07) is 10.4. The first-order valence-corrected chi connectivity index (χ1v) is 6.14. The van der Waals surface area contributed by atoms with E-state index >= 15 is 0 Å². The molecule has 20 heavy (non-hydrogen) atoms. The third kappa shape index (κ3) is 3.19. The molecule has 0 fully saturated rings. The molecular formula is C15H16FNO3. The lowest BCUT2D eigenvalue weighted by Crippen LogP contribution is -2.14. The van der Waals surface area contributed by atoms with Crippen LogP contribution in [0, 0.1) is 5.82 Å². The van der Waals surface area contributed by atoms with Gasteiger partial charge in [-0.2, -0.15) is 0 Å². The highest BCUT2D eigenvalue weighted by molar-refractivity contribution is 5.48. The van der Waals surface area contributed by atoms with Gasteiger partial charge in [-0.05, 0) is 35.9 Å². The molecule has 1 atom stereocenters. The number of hydrogen-bond acceptors (Lipinski definition) is 4. The van der Waals surface area contributed by atoms with E-state index in [9.17, 15) is 14.6 Å². The van der Waals surface area contributed by atoms with E-state index in [1.54, 1.807) is 24.3 Å². The largest absolute Gasteiger partial charge is 0.504 e. The fraction of sp³-hybridized carbons (Fsp3) is 0.200. The van der Waals surface area contributed by atoms with Crippen molar-refractivity contribution in [1.82, 2.24) is 0 Å². The summed E-state index contributed by atoms with van der Waals surface area (Å²) in [5.74, 6) is -0.00930. The van der Waals surface area contributed by atoms with Crippen LogP contribution in [-0.2, 0) is 0 Å². The average Bonchev–Trinajstić information content (AvgIpc) is 2.44.